The molecule has 0 aliphatic rings. The number of hydrogen-bond acceptors (Lipinski definition) is 4. The highest BCUT2D eigenvalue weighted by atomic mass is 35.5. The predicted molar refractivity (Wildman–Crippen MR) is 83.2 cm³/mol. The molecule has 1 N–H and O–H groups in total. The van der Waals surface area contributed by atoms with Gasteiger partial charge in [-0.25, -0.2) is 4.98 Å². The average Bonchev–Trinajstić information content (AvgIpc) is 2.77. The van der Waals surface area contributed by atoms with Crippen molar-refractivity contribution < 1.29 is 0 Å². The van der Waals surface area contributed by atoms with E-state index < -0.39 is 0 Å². The molecular weight excluding hydrogens is 278 g/mol. The molecule has 3 nitrogen and oxygen atoms in total. The van der Waals surface area contributed by atoms with Crippen LogP contribution < -0.4 is 5.32 Å². The van der Waals surface area contributed by atoms with Crippen molar-refractivity contribution in [3.8, 4) is 0 Å². The number of halogens is 1. The van der Waals surface area contributed by atoms with Gasteiger partial charge in [-0.2, -0.15) is 0 Å². The Kier molecular flexibility index (Phi) is 4.80. The van der Waals surface area contributed by atoms with Gasteiger partial charge in [-0.1, -0.05) is 29.8 Å². The van der Waals surface area contributed by atoms with Crippen LogP contribution in [0.3, 0.4) is 0 Å². The van der Waals surface area contributed by atoms with E-state index in [0.717, 1.165) is 22.3 Å². The minimum absolute atomic E-state index is 0.220. The Labute approximate surface area is 123 Å². The summed E-state index contributed by atoms with van der Waals surface area (Å²) in [6, 6.07) is 8.20. The maximum atomic E-state index is 6.28. The zero-order valence-electron chi connectivity index (χ0n) is 11.4. The first-order valence-electron chi connectivity index (χ1n) is 6.15. The van der Waals surface area contributed by atoms with Crippen LogP contribution in [0.1, 0.15) is 16.5 Å². The quantitative estimate of drug-likeness (QED) is 0.909. The summed E-state index contributed by atoms with van der Waals surface area (Å²) in [6.45, 7) is 2.84. The molecule has 1 aromatic carbocycles. The number of rotatable bonds is 5. The fourth-order valence-corrected chi connectivity index (χ4v) is 2.87. The summed E-state index contributed by atoms with van der Waals surface area (Å²) < 4.78 is 0. The number of nitrogens with one attached hydrogen (secondary N) is 1. The molecule has 1 heterocycles. The van der Waals surface area contributed by atoms with Crippen molar-refractivity contribution in [1.82, 2.24) is 9.88 Å². The standard InChI is InChI=1S/C14H18ClN3S/c1-10-8-16-14(19-10)17-9-13(18(2)3)11-6-4-5-7-12(11)15/h4-8,13H,9H2,1-3H3,(H,16,17). The topological polar surface area (TPSA) is 28.2 Å². The van der Waals surface area contributed by atoms with E-state index >= 15 is 0 Å². The lowest BCUT2D eigenvalue weighted by Gasteiger charge is -2.25. The zero-order valence-corrected chi connectivity index (χ0v) is 12.9. The molecular formula is C14H18ClN3S. The van der Waals surface area contributed by atoms with E-state index in [2.05, 4.69) is 42.3 Å². The number of anilines is 1. The van der Waals surface area contributed by atoms with Crippen LogP contribution in [0.25, 0.3) is 0 Å². The van der Waals surface area contributed by atoms with Crippen LogP contribution in [0, 0.1) is 6.92 Å². The van der Waals surface area contributed by atoms with Crippen LogP contribution in [0.2, 0.25) is 5.02 Å². The van der Waals surface area contributed by atoms with Gasteiger partial charge in [-0.3, -0.25) is 0 Å². The van der Waals surface area contributed by atoms with Gasteiger partial charge in [0.25, 0.3) is 0 Å². The number of benzene rings is 1. The van der Waals surface area contributed by atoms with E-state index in [1.54, 1.807) is 11.3 Å². The summed E-state index contributed by atoms with van der Waals surface area (Å²) in [5.41, 5.74) is 1.13. The highest BCUT2D eigenvalue weighted by Crippen LogP contribution is 2.27. The van der Waals surface area contributed by atoms with E-state index in [9.17, 15) is 0 Å². The summed E-state index contributed by atoms with van der Waals surface area (Å²) in [7, 11) is 4.12. The molecule has 1 unspecified atom stereocenters. The van der Waals surface area contributed by atoms with Gasteiger partial charge in [0, 0.05) is 22.6 Å². The number of likely N-dealkylation sites (N-methyl/N-ethyl adjacent to an activating group) is 1. The maximum Gasteiger partial charge on any atom is 0.182 e. The smallest absolute Gasteiger partial charge is 0.182 e. The number of nitrogens with zero attached hydrogens (tertiary/aromatic N) is 2. The van der Waals surface area contributed by atoms with E-state index in [1.807, 2.05) is 24.4 Å². The molecule has 102 valence electrons. The molecule has 2 rings (SSSR count). The molecule has 0 spiro atoms. The fourth-order valence-electron chi connectivity index (χ4n) is 1.94. The van der Waals surface area contributed by atoms with Gasteiger partial charge in [-0.15, -0.1) is 11.3 Å². The second kappa shape index (κ2) is 6.37. The highest BCUT2D eigenvalue weighted by molar-refractivity contribution is 7.15. The third kappa shape index (κ3) is 3.69. The lowest BCUT2D eigenvalue weighted by Crippen LogP contribution is -2.27. The molecule has 0 saturated heterocycles. The second-order valence-electron chi connectivity index (χ2n) is 4.66. The first-order valence-corrected chi connectivity index (χ1v) is 7.34. The molecule has 0 saturated carbocycles. The average molecular weight is 296 g/mol. The minimum Gasteiger partial charge on any atom is -0.360 e. The van der Waals surface area contributed by atoms with Crippen LogP contribution >= 0.6 is 22.9 Å². The Morgan fingerprint density at radius 1 is 1.37 bits per heavy atom. The zero-order chi connectivity index (χ0) is 13.8. The van der Waals surface area contributed by atoms with Crippen molar-refractivity contribution in [2.24, 2.45) is 0 Å². The molecule has 0 fully saturated rings. The third-order valence-electron chi connectivity index (χ3n) is 2.96. The molecule has 2 aromatic rings. The van der Waals surface area contributed by atoms with Gasteiger partial charge in [0.05, 0.1) is 6.04 Å². The van der Waals surface area contributed by atoms with Gasteiger partial charge in [-0.05, 0) is 32.6 Å². The largest absolute Gasteiger partial charge is 0.360 e. The first-order chi connectivity index (χ1) is 9.08. The third-order valence-corrected chi connectivity index (χ3v) is 4.17. The van der Waals surface area contributed by atoms with Gasteiger partial charge in [0.2, 0.25) is 0 Å². The van der Waals surface area contributed by atoms with Gasteiger partial charge in [0.15, 0.2) is 5.13 Å². The fraction of sp³-hybridized carbons (Fsp3) is 0.357. The Morgan fingerprint density at radius 3 is 2.68 bits per heavy atom. The second-order valence-corrected chi connectivity index (χ2v) is 6.30. The molecule has 0 aliphatic carbocycles. The molecule has 19 heavy (non-hydrogen) atoms. The minimum atomic E-state index is 0.220. The summed E-state index contributed by atoms with van der Waals surface area (Å²) in [5.74, 6) is 0. The van der Waals surface area contributed by atoms with Crippen molar-refractivity contribution in [1.29, 1.82) is 0 Å². The Morgan fingerprint density at radius 2 is 2.11 bits per heavy atom. The van der Waals surface area contributed by atoms with E-state index in [-0.39, 0.29) is 6.04 Å². The molecule has 0 aliphatic heterocycles. The molecule has 5 heteroatoms. The maximum absolute atomic E-state index is 6.28. The molecule has 1 aromatic heterocycles. The van der Waals surface area contributed by atoms with Gasteiger partial charge in [0.1, 0.15) is 0 Å². The van der Waals surface area contributed by atoms with Crippen molar-refractivity contribution in [2.75, 3.05) is 26.0 Å². The van der Waals surface area contributed by atoms with Gasteiger partial charge < -0.3 is 10.2 Å². The first kappa shape index (κ1) is 14.3. The summed E-state index contributed by atoms with van der Waals surface area (Å²) in [6.07, 6.45) is 1.88. The van der Waals surface area contributed by atoms with Crippen LogP contribution in [-0.4, -0.2) is 30.5 Å². The van der Waals surface area contributed by atoms with Crippen LogP contribution in [0.15, 0.2) is 30.5 Å². The monoisotopic (exact) mass is 295 g/mol. The number of aromatic nitrogens is 1. The Balaban J connectivity index is 2.11. The molecule has 1 atom stereocenters. The van der Waals surface area contributed by atoms with E-state index in [0.29, 0.717) is 0 Å². The number of thiazole rings is 1. The number of hydrogen-bond donors (Lipinski definition) is 1. The molecule has 0 radical (unpaired) electrons. The van der Waals surface area contributed by atoms with Crippen molar-refractivity contribution >= 4 is 28.1 Å². The van der Waals surface area contributed by atoms with E-state index in [4.69, 9.17) is 11.6 Å². The summed E-state index contributed by atoms with van der Waals surface area (Å²) >= 11 is 7.95. The Hall–Kier alpha value is -1.10. The van der Waals surface area contributed by atoms with Crippen molar-refractivity contribution in [3.05, 3.63) is 45.9 Å². The Bertz CT molecular complexity index is 539. The summed E-state index contributed by atoms with van der Waals surface area (Å²) in [5, 5.41) is 5.14. The van der Waals surface area contributed by atoms with Crippen molar-refractivity contribution in [3.63, 3.8) is 0 Å². The molecule has 0 amide bonds. The van der Waals surface area contributed by atoms with Gasteiger partial charge >= 0.3 is 0 Å². The van der Waals surface area contributed by atoms with Crippen LogP contribution in [0.5, 0.6) is 0 Å². The van der Waals surface area contributed by atoms with Crippen LogP contribution in [-0.2, 0) is 0 Å². The molecule has 0 bridgehead atoms. The lowest BCUT2D eigenvalue weighted by atomic mass is 10.1. The summed E-state index contributed by atoms with van der Waals surface area (Å²) in [4.78, 5) is 7.69. The predicted octanol–water partition coefficient (Wildman–Crippen LogP) is 3.82. The SMILES string of the molecule is Cc1cnc(NCC(c2ccccc2Cl)N(C)C)s1. The lowest BCUT2D eigenvalue weighted by molar-refractivity contribution is 0.312. The van der Waals surface area contributed by atoms with E-state index in [1.165, 1.54) is 4.88 Å². The number of aryl methyl sites for hydroxylation is 1. The highest BCUT2D eigenvalue weighted by Gasteiger charge is 2.17. The van der Waals surface area contributed by atoms with Crippen molar-refractivity contribution in [2.45, 2.75) is 13.0 Å². The normalized spacial score (nSPS) is 12.7. The van der Waals surface area contributed by atoms with Crippen LogP contribution in [0.4, 0.5) is 5.13 Å².